The number of aromatic amines is 1. The number of likely N-dealkylation sites (tertiary alicyclic amines) is 1. The van der Waals surface area contributed by atoms with Crippen molar-refractivity contribution < 1.29 is 4.74 Å². The molecule has 1 saturated heterocycles. The lowest BCUT2D eigenvalue weighted by atomic mass is 10.0. The van der Waals surface area contributed by atoms with Crippen LogP contribution in [-0.4, -0.2) is 41.1 Å². The summed E-state index contributed by atoms with van der Waals surface area (Å²) in [4.78, 5) is 22.9. The van der Waals surface area contributed by atoms with Crippen molar-refractivity contribution in [1.29, 1.82) is 0 Å². The van der Waals surface area contributed by atoms with Gasteiger partial charge in [-0.2, -0.15) is 0 Å². The Balaban J connectivity index is 1.26. The standard InChI is InChI=1S/C29H31N3O2/c33-29-26-15-10-23(20-22-8-3-1-4-9-22)21-27(26)30-28(31-29)24-11-13-25(14-12-24)34-19-7-18-32-16-5-2-6-17-32/h1,3-4,8-15,21H,2,5-7,16-20H2,(H,30,31,33). The molecule has 1 aromatic heterocycles. The minimum absolute atomic E-state index is 0.121. The van der Waals surface area contributed by atoms with Gasteiger partial charge in [-0.3, -0.25) is 4.79 Å². The van der Waals surface area contributed by atoms with Gasteiger partial charge in [0.25, 0.3) is 5.56 Å². The molecule has 0 saturated carbocycles. The van der Waals surface area contributed by atoms with E-state index in [0.29, 0.717) is 23.3 Å². The largest absolute Gasteiger partial charge is 0.494 e. The van der Waals surface area contributed by atoms with Crippen LogP contribution in [0.15, 0.2) is 77.6 Å². The van der Waals surface area contributed by atoms with Crippen molar-refractivity contribution in [2.24, 2.45) is 0 Å². The van der Waals surface area contributed by atoms with Gasteiger partial charge in [-0.25, -0.2) is 4.98 Å². The Morgan fingerprint density at radius 2 is 1.68 bits per heavy atom. The predicted octanol–water partition coefficient (Wildman–Crippen LogP) is 5.44. The minimum Gasteiger partial charge on any atom is -0.494 e. The van der Waals surface area contributed by atoms with Crippen molar-refractivity contribution in [3.05, 3.63) is 94.3 Å². The van der Waals surface area contributed by atoms with Gasteiger partial charge in [-0.05, 0) is 86.3 Å². The molecule has 1 fully saturated rings. The normalized spacial score (nSPS) is 14.4. The molecule has 174 valence electrons. The molecule has 1 N–H and O–H groups in total. The summed E-state index contributed by atoms with van der Waals surface area (Å²) in [5.41, 5.74) is 3.83. The zero-order valence-electron chi connectivity index (χ0n) is 19.5. The number of fused-ring (bicyclic) bond motifs is 1. The van der Waals surface area contributed by atoms with Gasteiger partial charge in [-0.15, -0.1) is 0 Å². The molecule has 0 atom stereocenters. The van der Waals surface area contributed by atoms with Gasteiger partial charge in [-0.1, -0.05) is 42.8 Å². The van der Waals surface area contributed by atoms with Gasteiger partial charge in [0, 0.05) is 12.1 Å². The van der Waals surface area contributed by atoms with Crippen molar-refractivity contribution in [2.45, 2.75) is 32.1 Å². The summed E-state index contributed by atoms with van der Waals surface area (Å²) in [5, 5.41) is 0.606. The molecule has 4 aromatic rings. The van der Waals surface area contributed by atoms with Gasteiger partial charge in [0.1, 0.15) is 11.6 Å². The first-order chi connectivity index (χ1) is 16.7. The summed E-state index contributed by atoms with van der Waals surface area (Å²) in [6.45, 7) is 4.26. The quantitative estimate of drug-likeness (QED) is 0.361. The Kier molecular flexibility index (Phi) is 7.01. The number of hydrogen-bond donors (Lipinski definition) is 1. The second-order valence-electron chi connectivity index (χ2n) is 9.06. The number of rotatable bonds is 8. The SMILES string of the molecule is O=c1[nH]c(-c2ccc(OCCCN3CCCCC3)cc2)nc2cc(Cc3ccccc3)ccc12. The molecule has 2 heterocycles. The summed E-state index contributed by atoms with van der Waals surface area (Å²) in [5.74, 6) is 1.42. The van der Waals surface area contributed by atoms with Crippen LogP contribution in [0.1, 0.15) is 36.8 Å². The van der Waals surface area contributed by atoms with Crippen molar-refractivity contribution >= 4 is 10.9 Å². The molecule has 5 heteroatoms. The lowest BCUT2D eigenvalue weighted by Crippen LogP contribution is -2.31. The van der Waals surface area contributed by atoms with Gasteiger partial charge in [0.15, 0.2) is 0 Å². The van der Waals surface area contributed by atoms with Gasteiger partial charge >= 0.3 is 0 Å². The number of benzene rings is 3. The van der Waals surface area contributed by atoms with Crippen LogP contribution in [0, 0.1) is 0 Å². The fourth-order valence-electron chi connectivity index (χ4n) is 4.63. The fraction of sp³-hybridized carbons (Fsp3) is 0.310. The molecule has 1 aliphatic rings. The van der Waals surface area contributed by atoms with E-state index in [4.69, 9.17) is 9.72 Å². The lowest BCUT2D eigenvalue weighted by molar-refractivity contribution is 0.205. The average molecular weight is 454 g/mol. The summed E-state index contributed by atoms with van der Waals surface area (Å²) >= 11 is 0. The third-order valence-electron chi connectivity index (χ3n) is 6.49. The monoisotopic (exact) mass is 453 g/mol. The molecule has 5 nitrogen and oxygen atoms in total. The number of hydrogen-bond acceptors (Lipinski definition) is 4. The van der Waals surface area contributed by atoms with Crippen LogP contribution in [0.25, 0.3) is 22.3 Å². The number of nitrogens with zero attached hydrogens (tertiary/aromatic N) is 2. The summed E-state index contributed by atoms with van der Waals surface area (Å²) in [6, 6.07) is 24.0. The van der Waals surface area contributed by atoms with Gasteiger partial charge < -0.3 is 14.6 Å². The Labute approximate surface area is 200 Å². The van der Waals surface area contributed by atoms with E-state index in [1.165, 1.54) is 37.9 Å². The third-order valence-corrected chi connectivity index (χ3v) is 6.49. The molecule has 34 heavy (non-hydrogen) atoms. The Bertz CT molecular complexity index is 1280. The smallest absolute Gasteiger partial charge is 0.259 e. The highest BCUT2D eigenvalue weighted by atomic mass is 16.5. The van der Waals surface area contributed by atoms with Crippen molar-refractivity contribution in [3.63, 3.8) is 0 Å². The van der Waals surface area contributed by atoms with E-state index < -0.39 is 0 Å². The number of H-pyrrole nitrogens is 1. The molecule has 1 aliphatic heterocycles. The fourth-order valence-corrected chi connectivity index (χ4v) is 4.63. The Hall–Kier alpha value is -3.44. The highest BCUT2D eigenvalue weighted by molar-refractivity contribution is 5.80. The first kappa shape index (κ1) is 22.4. The zero-order valence-corrected chi connectivity index (χ0v) is 19.5. The van der Waals surface area contributed by atoms with Crippen molar-refractivity contribution in [2.75, 3.05) is 26.2 Å². The number of piperidine rings is 1. The number of aromatic nitrogens is 2. The van der Waals surface area contributed by atoms with Crippen LogP contribution in [0.3, 0.4) is 0 Å². The van der Waals surface area contributed by atoms with Crippen molar-refractivity contribution in [1.82, 2.24) is 14.9 Å². The number of nitrogens with one attached hydrogen (secondary N) is 1. The molecule has 3 aromatic carbocycles. The molecular weight excluding hydrogens is 422 g/mol. The molecule has 0 aliphatic carbocycles. The Morgan fingerprint density at radius 3 is 2.47 bits per heavy atom. The van der Waals surface area contributed by atoms with E-state index in [1.54, 1.807) is 0 Å². The van der Waals surface area contributed by atoms with E-state index in [2.05, 4.69) is 22.0 Å². The number of ether oxygens (including phenoxy) is 1. The van der Waals surface area contributed by atoms with Crippen LogP contribution in [-0.2, 0) is 6.42 Å². The van der Waals surface area contributed by atoms with Crippen LogP contribution in [0.4, 0.5) is 0 Å². The first-order valence-electron chi connectivity index (χ1n) is 12.3. The maximum absolute atomic E-state index is 12.7. The molecule has 5 rings (SSSR count). The molecular formula is C29H31N3O2. The van der Waals surface area contributed by atoms with E-state index in [9.17, 15) is 4.79 Å². The van der Waals surface area contributed by atoms with Crippen LogP contribution in [0.2, 0.25) is 0 Å². The van der Waals surface area contributed by atoms with E-state index in [-0.39, 0.29) is 5.56 Å². The molecule has 0 radical (unpaired) electrons. The summed E-state index contributed by atoms with van der Waals surface area (Å²) < 4.78 is 5.94. The molecule has 0 bridgehead atoms. The van der Waals surface area contributed by atoms with Crippen LogP contribution >= 0.6 is 0 Å². The van der Waals surface area contributed by atoms with Crippen LogP contribution in [0.5, 0.6) is 5.75 Å². The van der Waals surface area contributed by atoms with Gasteiger partial charge in [0.2, 0.25) is 0 Å². The second-order valence-corrected chi connectivity index (χ2v) is 9.06. The highest BCUT2D eigenvalue weighted by Crippen LogP contribution is 2.21. The van der Waals surface area contributed by atoms with Crippen LogP contribution < -0.4 is 10.3 Å². The van der Waals surface area contributed by atoms with Crippen molar-refractivity contribution in [3.8, 4) is 17.1 Å². The highest BCUT2D eigenvalue weighted by Gasteiger charge is 2.10. The maximum atomic E-state index is 12.7. The zero-order chi connectivity index (χ0) is 23.2. The van der Waals surface area contributed by atoms with Gasteiger partial charge in [0.05, 0.1) is 17.5 Å². The van der Waals surface area contributed by atoms with E-state index in [0.717, 1.165) is 36.3 Å². The molecule has 0 spiro atoms. The summed E-state index contributed by atoms with van der Waals surface area (Å²) in [7, 11) is 0. The molecule has 0 unspecified atom stereocenters. The lowest BCUT2D eigenvalue weighted by Gasteiger charge is -2.26. The minimum atomic E-state index is -0.121. The second kappa shape index (κ2) is 10.7. The first-order valence-corrected chi connectivity index (χ1v) is 12.3. The molecule has 0 amide bonds. The maximum Gasteiger partial charge on any atom is 0.259 e. The predicted molar refractivity (Wildman–Crippen MR) is 137 cm³/mol. The average Bonchev–Trinajstić information content (AvgIpc) is 2.88. The topological polar surface area (TPSA) is 58.2 Å². The third kappa shape index (κ3) is 5.54. The Morgan fingerprint density at radius 1 is 0.882 bits per heavy atom. The van der Waals surface area contributed by atoms with E-state index >= 15 is 0 Å². The summed E-state index contributed by atoms with van der Waals surface area (Å²) in [6.07, 6.45) is 5.85. The van der Waals surface area contributed by atoms with E-state index in [1.807, 2.05) is 60.7 Å².